The fourth-order valence-corrected chi connectivity index (χ4v) is 3.66. The first-order valence-corrected chi connectivity index (χ1v) is 9.90. The predicted molar refractivity (Wildman–Crippen MR) is 100 cm³/mol. The Morgan fingerprint density at radius 1 is 1.00 bits per heavy atom. The number of ether oxygens (including phenoxy) is 1. The third-order valence-electron chi connectivity index (χ3n) is 5.43. The van der Waals surface area contributed by atoms with Crippen LogP contribution in [-0.2, 0) is 22.1 Å². The van der Waals surface area contributed by atoms with E-state index in [9.17, 15) is 22.8 Å². The molecule has 2 heterocycles. The molecular weight excluding hydrogens is 387 g/mol. The van der Waals surface area contributed by atoms with Gasteiger partial charge in [-0.1, -0.05) is 12.1 Å². The Labute approximate surface area is 168 Å². The lowest BCUT2D eigenvalue weighted by atomic mass is 9.95. The largest absolute Gasteiger partial charge is 0.416 e. The van der Waals surface area contributed by atoms with Gasteiger partial charge in [-0.05, 0) is 37.0 Å². The summed E-state index contributed by atoms with van der Waals surface area (Å²) in [6, 6.07) is 4.75. The number of piperidine rings is 1. The molecule has 3 amide bonds. The Bertz CT molecular complexity index is 695. The predicted octanol–water partition coefficient (Wildman–Crippen LogP) is 2.53. The van der Waals surface area contributed by atoms with Crippen LogP contribution in [0.2, 0.25) is 0 Å². The summed E-state index contributed by atoms with van der Waals surface area (Å²) in [6.45, 7) is 3.79. The van der Waals surface area contributed by atoms with Crippen LogP contribution in [0.4, 0.5) is 18.0 Å². The highest BCUT2D eigenvalue weighted by molar-refractivity contribution is 5.80. The van der Waals surface area contributed by atoms with Gasteiger partial charge in [0.15, 0.2) is 0 Å². The van der Waals surface area contributed by atoms with Crippen molar-refractivity contribution in [1.29, 1.82) is 0 Å². The number of carbonyl (C=O) groups is 2. The molecular formula is C20H26F3N3O3. The third kappa shape index (κ3) is 5.85. The van der Waals surface area contributed by atoms with Gasteiger partial charge in [0.1, 0.15) is 0 Å². The summed E-state index contributed by atoms with van der Waals surface area (Å²) < 4.78 is 43.0. The molecule has 6 nitrogen and oxygen atoms in total. The lowest BCUT2D eigenvalue weighted by Gasteiger charge is -2.35. The number of nitrogens with one attached hydrogen (secondary N) is 1. The number of benzene rings is 1. The molecule has 0 atom stereocenters. The SMILES string of the molecule is O=C(NCCc1ccc(C(F)(F)F)cc1)N1CCC(C(=O)N2CCOCC2)CC1. The number of amides is 3. The first-order valence-electron chi connectivity index (χ1n) is 9.90. The summed E-state index contributed by atoms with van der Waals surface area (Å²) in [5.41, 5.74) is 0.0490. The molecule has 2 aliphatic rings. The molecule has 1 aromatic rings. The lowest BCUT2D eigenvalue weighted by molar-refractivity contribution is -0.141. The second kappa shape index (κ2) is 9.47. The van der Waals surface area contributed by atoms with Crippen molar-refractivity contribution in [1.82, 2.24) is 15.1 Å². The number of carbonyl (C=O) groups excluding carboxylic acids is 2. The molecule has 9 heteroatoms. The molecule has 1 aromatic carbocycles. The Morgan fingerprint density at radius 3 is 2.21 bits per heavy atom. The Kier molecular flexibility index (Phi) is 7.00. The van der Waals surface area contributed by atoms with Crippen molar-refractivity contribution in [2.24, 2.45) is 5.92 Å². The topological polar surface area (TPSA) is 61.9 Å². The summed E-state index contributed by atoms with van der Waals surface area (Å²) >= 11 is 0. The number of urea groups is 1. The number of rotatable bonds is 4. The van der Waals surface area contributed by atoms with Gasteiger partial charge in [0.2, 0.25) is 5.91 Å². The van der Waals surface area contributed by atoms with E-state index >= 15 is 0 Å². The minimum atomic E-state index is -4.35. The molecule has 0 saturated carbocycles. The van der Waals surface area contributed by atoms with Gasteiger partial charge in [0, 0.05) is 38.6 Å². The zero-order valence-electron chi connectivity index (χ0n) is 16.2. The third-order valence-corrected chi connectivity index (χ3v) is 5.43. The Morgan fingerprint density at radius 2 is 1.62 bits per heavy atom. The summed E-state index contributed by atoms with van der Waals surface area (Å²) in [4.78, 5) is 28.4. The zero-order chi connectivity index (χ0) is 20.9. The second-order valence-electron chi connectivity index (χ2n) is 7.38. The quantitative estimate of drug-likeness (QED) is 0.825. The molecule has 160 valence electrons. The van der Waals surface area contributed by atoms with E-state index in [1.165, 1.54) is 12.1 Å². The Hall–Kier alpha value is -2.29. The number of alkyl halides is 3. The van der Waals surface area contributed by atoms with Crippen LogP contribution in [0.25, 0.3) is 0 Å². The van der Waals surface area contributed by atoms with E-state index in [0.29, 0.717) is 65.2 Å². The van der Waals surface area contributed by atoms with Crippen LogP contribution in [0.3, 0.4) is 0 Å². The fourth-order valence-electron chi connectivity index (χ4n) is 3.66. The maximum atomic E-state index is 12.6. The van der Waals surface area contributed by atoms with Gasteiger partial charge in [0.25, 0.3) is 0 Å². The number of halogens is 3. The number of nitrogens with zero attached hydrogens (tertiary/aromatic N) is 2. The molecule has 0 spiro atoms. The molecule has 29 heavy (non-hydrogen) atoms. The first-order chi connectivity index (χ1) is 13.8. The van der Waals surface area contributed by atoms with Crippen LogP contribution in [0.1, 0.15) is 24.0 Å². The maximum Gasteiger partial charge on any atom is 0.416 e. The first kappa shape index (κ1) is 21.4. The van der Waals surface area contributed by atoms with Crippen molar-refractivity contribution >= 4 is 11.9 Å². The van der Waals surface area contributed by atoms with E-state index < -0.39 is 11.7 Å². The van der Waals surface area contributed by atoms with Gasteiger partial charge in [-0.25, -0.2) is 4.79 Å². The monoisotopic (exact) mass is 413 g/mol. The number of hydrogen-bond donors (Lipinski definition) is 1. The maximum absolute atomic E-state index is 12.6. The second-order valence-corrected chi connectivity index (χ2v) is 7.38. The molecule has 0 aliphatic carbocycles. The van der Waals surface area contributed by atoms with Crippen molar-refractivity contribution in [2.75, 3.05) is 45.9 Å². The van der Waals surface area contributed by atoms with Crippen molar-refractivity contribution in [3.8, 4) is 0 Å². The van der Waals surface area contributed by atoms with Gasteiger partial charge in [-0.15, -0.1) is 0 Å². The molecule has 2 saturated heterocycles. The minimum absolute atomic E-state index is 0.0516. The highest BCUT2D eigenvalue weighted by Crippen LogP contribution is 2.29. The van der Waals surface area contributed by atoms with Gasteiger partial charge in [0.05, 0.1) is 18.8 Å². The standard InChI is InChI=1S/C20H26F3N3O3/c21-20(22,23)17-3-1-15(2-4-17)5-8-24-19(28)26-9-6-16(7-10-26)18(27)25-11-13-29-14-12-25/h1-4,16H,5-14H2,(H,24,28). The normalized spacial score (nSPS) is 18.6. The Balaban J connectivity index is 1.38. The molecule has 0 radical (unpaired) electrons. The van der Waals surface area contributed by atoms with E-state index in [1.54, 1.807) is 4.90 Å². The number of likely N-dealkylation sites (tertiary alicyclic amines) is 1. The molecule has 0 aromatic heterocycles. The summed E-state index contributed by atoms with van der Waals surface area (Å²) in [7, 11) is 0. The van der Waals surface area contributed by atoms with Gasteiger partial charge < -0.3 is 19.9 Å². The summed E-state index contributed by atoms with van der Waals surface area (Å²) in [6.07, 6.45) is -2.61. The minimum Gasteiger partial charge on any atom is -0.378 e. The molecule has 3 rings (SSSR count). The van der Waals surface area contributed by atoms with E-state index in [-0.39, 0.29) is 17.9 Å². The van der Waals surface area contributed by atoms with E-state index in [2.05, 4.69) is 5.32 Å². The summed E-state index contributed by atoms with van der Waals surface area (Å²) in [5, 5.41) is 2.81. The van der Waals surface area contributed by atoms with Crippen LogP contribution in [0.15, 0.2) is 24.3 Å². The average molecular weight is 413 g/mol. The highest BCUT2D eigenvalue weighted by atomic mass is 19.4. The van der Waals surface area contributed by atoms with Crippen molar-refractivity contribution in [2.45, 2.75) is 25.4 Å². The van der Waals surface area contributed by atoms with Crippen LogP contribution in [0.5, 0.6) is 0 Å². The highest BCUT2D eigenvalue weighted by Gasteiger charge is 2.31. The van der Waals surface area contributed by atoms with Crippen LogP contribution < -0.4 is 5.32 Å². The van der Waals surface area contributed by atoms with Crippen molar-refractivity contribution in [3.05, 3.63) is 35.4 Å². The van der Waals surface area contributed by atoms with Crippen LogP contribution in [-0.4, -0.2) is 67.7 Å². The zero-order valence-corrected chi connectivity index (χ0v) is 16.2. The number of hydrogen-bond acceptors (Lipinski definition) is 3. The van der Waals surface area contributed by atoms with Gasteiger partial charge >= 0.3 is 12.2 Å². The van der Waals surface area contributed by atoms with Crippen molar-refractivity contribution < 1.29 is 27.5 Å². The molecule has 2 aliphatic heterocycles. The molecule has 2 fully saturated rings. The summed E-state index contributed by atoms with van der Waals surface area (Å²) in [5.74, 6) is 0.0972. The molecule has 0 bridgehead atoms. The van der Waals surface area contributed by atoms with Gasteiger partial charge in [-0.2, -0.15) is 13.2 Å². The molecule has 1 N–H and O–H groups in total. The van der Waals surface area contributed by atoms with E-state index in [4.69, 9.17) is 4.74 Å². The smallest absolute Gasteiger partial charge is 0.378 e. The average Bonchev–Trinajstić information content (AvgIpc) is 2.73. The van der Waals surface area contributed by atoms with E-state index in [0.717, 1.165) is 17.7 Å². The molecule has 0 unspecified atom stereocenters. The lowest BCUT2D eigenvalue weighted by Crippen LogP contribution is -2.49. The van der Waals surface area contributed by atoms with Crippen LogP contribution in [0, 0.1) is 5.92 Å². The van der Waals surface area contributed by atoms with E-state index in [1.807, 2.05) is 4.90 Å². The number of morpholine rings is 1. The van der Waals surface area contributed by atoms with Gasteiger partial charge in [-0.3, -0.25) is 4.79 Å². The van der Waals surface area contributed by atoms with Crippen LogP contribution >= 0.6 is 0 Å². The fraction of sp³-hybridized carbons (Fsp3) is 0.600. The van der Waals surface area contributed by atoms with Crippen molar-refractivity contribution in [3.63, 3.8) is 0 Å².